The van der Waals surface area contributed by atoms with Crippen LogP contribution in [0.25, 0.3) is 0 Å². The summed E-state index contributed by atoms with van der Waals surface area (Å²) in [6.07, 6.45) is 7.87. The Labute approximate surface area is 175 Å². The SMILES string of the molecule is C=CC(=O)Oc1c(CCCC)cc(C)cc1Cc1cc(C)c(CCCC)cc1O. The highest BCUT2D eigenvalue weighted by Crippen LogP contribution is 2.33. The van der Waals surface area contributed by atoms with Crippen LogP contribution < -0.4 is 4.74 Å². The summed E-state index contributed by atoms with van der Waals surface area (Å²) < 4.78 is 5.66. The van der Waals surface area contributed by atoms with Crippen molar-refractivity contribution >= 4 is 5.97 Å². The molecular weight excluding hydrogens is 360 g/mol. The monoisotopic (exact) mass is 394 g/mol. The first-order valence-corrected chi connectivity index (χ1v) is 10.7. The number of aryl methyl sites for hydroxylation is 4. The van der Waals surface area contributed by atoms with Crippen molar-refractivity contribution in [1.82, 2.24) is 0 Å². The summed E-state index contributed by atoms with van der Waals surface area (Å²) in [4.78, 5) is 12.0. The second-order valence-electron chi connectivity index (χ2n) is 7.83. The van der Waals surface area contributed by atoms with Gasteiger partial charge in [-0.1, -0.05) is 57.0 Å². The van der Waals surface area contributed by atoms with Crippen molar-refractivity contribution in [1.29, 1.82) is 0 Å². The molecule has 0 saturated heterocycles. The van der Waals surface area contributed by atoms with Crippen molar-refractivity contribution in [3.05, 3.63) is 70.3 Å². The van der Waals surface area contributed by atoms with Gasteiger partial charge in [0.1, 0.15) is 11.5 Å². The molecule has 0 fully saturated rings. The van der Waals surface area contributed by atoms with E-state index < -0.39 is 5.97 Å². The van der Waals surface area contributed by atoms with E-state index in [2.05, 4.69) is 46.4 Å². The van der Waals surface area contributed by atoms with E-state index in [0.717, 1.165) is 60.8 Å². The van der Waals surface area contributed by atoms with E-state index in [1.54, 1.807) is 0 Å². The van der Waals surface area contributed by atoms with Crippen molar-refractivity contribution in [2.24, 2.45) is 0 Å². The third-order valence-corrected chi connectivity index (χ3v) is 5.27. The molecule has 3 nitrogen and oxygen atoms in total. The number of hydrogen-bond donors (Lipinski definition) is 1. The molecule has 0 aromatic heterocycles. The second-order valence-corrected chi connectivity index (χ2v) is 7.83. The van der Waals surface area contributed by atoms with E-state index in [1.165, 1.54) is 17.2 Å². The lowest BCUT2D eigenvalue weighted by Crippen LogP contribution is -2.09. The van der Waals surface area contributed by atoms with Crippen LogP contribution in [-0.2, 0) is 24.1 Å². The number of esters is 1. The number of rotatable bonds is 10. The Kier molecular flexibility index (Phi) is 8.50. The fourth-order valence-electron chi connectivity index (χ4n) is 3.67. The van der Waals surface area contributed by atoms with Gasteiger partial charge >= 0.3 is 5.97 Å². The number of unbranched alkanes of at least 4 members (excludes halogenated alkanes) is 2. The molecule has 2 rings (SSSR count). The molecule has 0 aliphatic rings. The van der Waals surface area contributed by atoms with Crippen LogP contribution in [0, 0.1) is 13.8 Å². The maximum absolute atomic E-state index is 12.0. The highest BCUT2D eigenvalue weighted by molar-refractivity contribution is 5.84. The first-order valence-electron chi connectivity index (χ1n) is 10.7. The molecule has 0 spiro atoms. The molecule has 0 aliphatic carbocycles. The summed E-state index contributed by atoms with van der Waals surface area (Å²) in [5, 5.41) is 10.7. The van der Waals surface area contributed by atoms with Gasteiger partial charge in [-0.05, 0) is 73.4 Å². The van der Waals surface area contributed by atoms with Crippen molar-refractivity contribution in [3.8, 4) is 11.5 Å². The van der Waals surface area contributed by atoms with E-state index in [4.69, 9.17) is 4.74 Å². The second kappa shape index (κ2) is 10.8. The maximum Gasteiger partial charge on any atom is 0.335 e. The number of benzene rings is 2. The Morgan fingerprint density at radius 1 is 0.966 bits per heavy atom. The van der Waals surface area contributed by atoms with Crippen LogP contribution in [0.15, 0.2) is 36.9 Å². The van der Waals surface area contributed by atoms with Crippen LogP contribution in [0.2, 0.25) is 0 Å². The number of carbonyl (C=O) groups excluding carboxylic acids is 1. The molecule has 156 valence electrons. The minimum absolute atomic E-state index is 0.305. The van der Waals surface area contributed by atoms with Gasteiger partial charge in [-0.2, -0.15) is 0 Å². The van der Waals surface area contributed by atoms with Crippen LogP contribution in [0.1, 0.15) is 72.9 Å². The molecule has 29 heavy (non-hydrogen) atoms. The minimum atomic E-state index is -0.455. The smallest absolute Gasteiger partial charge is 0.335 e. The van der Waals surface area contributed by atoms with Gasteiger partial charge in [0.15, 0.2) is 0 Å². The number of phenols is 1. The molecule has 0 amide bonds. The van der Waals surface area contributed by atoms with Crippen LogP contribution in [0.3, 0.4) is 0 Å². The summed E-state index contributed by atoms with van der Waals surface area (Å²) in [5.41, 5.74) is 6.31. The molecule has 0 heterocycles. The molecular formula is C26H34O3. The fraction of sp³-hybridized carbons (Fsp3) is 0.423. The molecule has 0 radical (unpaired) electrons. The summed E-state index contributed by atoms with van der Waals surface area (Å²) >= 11 is 0. The molecule has 0 saturated carbocycles. The zero-order valence-corrected chi connectivity index (χ0v) is 18.3. The molecule has 0 unspecified atom stereocenters. The molecule has 2 aromatic rings. The van der Waals surface area contributed by atoms with E-state index >= 15 is 0 Å². The van der Waals surface area contributed by atoms with Crippen LogP contribution in [-0.4, -0.2) is 11.1 Å². The van der Waals surface area contributed by atoms with E-state index in [9.17, 15) is 9.90 Å². The summed E-state index contributed by atoms with van der Waals surface area (Å²) in [6.45, 7) is 12.0. The third-order valence-electron chi connectivity index (χ3n) is 5.27. The van der Waals surface area contributed by atoms with Crippen molar-refractivity contribution in [2.45, 2.75) is 72.6 Å². The van der Waals surface area contributed by atoms with Gasteiger partial charge in [0.25, 0.3) is 0 Å². The summed E-state index contributed by atoms with van der Waals surface area (Å²) in [6, 6.07) is 8.09. The first kappa shape index (κ1) is 22.7. The standard InChI is InChI=1S/C26H34O3/c1-6-9-11-20-17-24(27)22(15-19(20)5)16-23-14-18(4)13-21(12-10-7-2)26(23)29-25(28)8-3/h8,13-15,17,27H,3,6-7,9-12,16H2,1-2,4-5H3. The number of phenolic OH excluding ortho intramolecular Hbond substituents is 1. The zero-order chi connectivity index (χ0) is 21.4. The van der Waals surface area contributed by atoms with Crippen molar-refractivity contribution in [2.75, 3.05) is 0 Å². The number of ether oxygens (including phenoxy) is 1. The maximum atomic E-state index is 12.0. The number of hydrogen-bond acceptors (Lipinski definition) is 3. The number of aromatic hydroxyl groups is 1. The highest BCUT2D eigenvalue weighted by Gasteiger charge is 2.16. The van der Waals surface area contributed by atoms with Crippen molar-refractivity contribution in [3.63, 3.8) is 0 Å². The third kappa shape index (κ3) is 6.22. The Balaban J connectivity index is 2.45. The molecule has 1 N–H and O–H groups in total. The quantitative estimate of drug-likeness (QED) is 0.289. The van der Waals surface area contributed by atoms with E-state index in [-0.39, 0.29) is 0 Å². The molecule has 0 atom stereocenters. The lowest BCUT2D eigenvalue weighted by atomic mass is 9.93. The van der Waals surface area contributed by atoms with Crippen LogP contribution in [0.4, 0.5) is 0 Å². The highest BCUT2D eigenvalue weighted by atomic mass is 16.5. The molecule has 0 aliphatic heterocycles. The van der Waals surface area contributed by atoms with Crippen LogP contribution in [0.5, 0.6) is 11.5 Å². The predicted octanol–water partition coefficient (Wildman–Crippen LogP) is 6.38. The van der Waals surface area contributed by atoms with E-state index in [1.807, 2.05) is 12.1 Å². The Hall–Kier alpha value is -2.55. The van der Waals surface area contributed by atoms with Crippen LogP contribution >= 0.6 is 0 Å². The van der Waals surface area contributed by atoms with Gasteiger partial charge in [-0.15, -0.1) is 0 Å². The van der Waals surface area contributed by atoms with Gasteiger partial charge in [0.2, 0.25) is 0 Å². The lowest BCUT2D eigenvalue weighted by Gasteiger charge is -2.17. The van der Waals surface area contributed by atoms with Gasteiger partial charge in [0.05, 0.1) is 0 Å². The lowest BCUT2D eigenvalue weighted by molar-refractivity contribution is -0.129. The Morgan fingerprint density at radius 2 is 1.59 bits per heavy atom. The van der Waals surface area contributed by atoms with Crippen molar-refractivity contribution < 1.29 is 14.6 Å². The van der Waals surface area contributed by atoms with E-state index in [0.29, 0.717) is 17.9 Å². The Bertz CT molecular complexity index is 865. The average Bonchev–Trinajstić information content (AvgIpc) is 2.69. The molecule has 2 aromatic carbocycles. The normalized spacial score (nSPS) is 10.8. The van der Waals surface area contributed by atoms with Gasteiger partial charge in [0, 0.05) is 12.5 Å². The number of carbonyl (C=O) groups is 1. The molecule has 3 heteroatoms. The largest absolute Gasteiger partial charge is 0.508 e. The van der Waals surface area contributed by atoms with Gasteiger partial charge in [-0.3, -0.25) is 0 Å². The average molecular weight is 395 g/mol. The summed E-state index contributed by atoms with van der Waals surface area (Å²) in [7, 11) is 0. The molecule has 0 bridgehead atoms. The fourth-order valence-corrected chi connectivity index (χ4v) is 3.67. The predicted molar refractivity (Wildman–Crippen MR) is 120 cm³/mol. The van der Waals surface area contributed by atoms with Gasteiger partial charge < -0.3 is 9.84 Å². The summed E-state index contributed by atoms with van der Waals surface area (Å²) in [5.74, 6) is 0.462. The van der Waals surface area contributed by atoms with Gasteiger partial charge in [-0.25, -0.2) is 4.79 Å². The first-order chi connectivity index (χ1) is 13.9. The zero-order valence-electron chi connectivity index (χ0n) is 18.3. The topological polar surface area (TPSA) is 46.5 Å². The Morgan fingerprint density at radius 3 is 2.21 bits per heavy atom. The minimum Gasteiger partial charge on any atom is -0.508 e.